The molecule has 23 heavy (non-hydrogen) atoms. The van der Waals surface area contributed by atoms with E-state index in [1.165, 1.54) is 0 Å². The van der Waals surface area contributed by atoms with E-state index in [0.717, 1.165) is 5.69 Å². The quantitative estimate of drug-likeness (QED) is 0.617. The third-order valence-corrected chi connectivity index (χ3v) is 3.83. The average molecular weight is 333 g/mol. The van der Waals surface area contributed by atoms with Gasteiger partial charge < -0.3 is 19.3 Å². The van der Waals surface area contributed by atoms with Gasteiger partial charge in [0, 0.05) is 11.8 Å². The molecule has 0 saturated heterocycles. The standard InChI is InChI=1S/C17H17ClN2O3/c1-20(21)10-9-19(12-20)13-3-5-14(6-4-13)23-15-7-8-16(18)17(11-15)22-2/h3-11H,12H2,1-2H3. The zero-order chi connectivity index (χ0) is 16.4. The highest BCUT2D eigenvalue weighted by Gasteiger charge is 2.19. The number of hydroxylamine groups is 3. The second-order valence-electron chi connectivity index (χ2n) is 5.48. The summed E-state index contributed by atoms with van der Waals surface area (Å²) in [4.78, 5) is 1.90. The summed E-state index contributed by atoms with van der Waals surface area (Å²) in [6.07, 6.45) is 3.41. The van der Waals surface area contributed by atoms with Crippen LogP contribution in [0.2, 0.25) is 5.02 Å². The van der Waals surface area contributed by atoms with Gasteiger partial charge >= 0.3 is 0 Å². The highest BCUT2D eigenvalue weighted by Crippen LogP contribution is 2.32. The Hall–Kier alpha value is -2.21. The first-order valence-corrected chi connectivity index (χ1v) is 7.48. The number of nitrogens with zero attached hydrogens (tertiary/aromatic N) is 2. The molecule has 1 unspecified atom stereocenters. The van der Waals surface area contributed by atoms with E-state index in [1.807, 2.05) is 29.2 Å². The topological polar surface area (TPSA) is 44.8 Å². The number of halogens is 1. The van der Waals surface area contributed by atoms with Crippen molar-refractivity contribution >= 4 is 17.3 Å². The molecule has 2 aromatic carbocycles. The fourth-order valence-electron chi connectivity index (χ4n) is 2.33. The van der Waals surface area contributed by atoms with Gasteiger partial charge in [0.1, 0.15) is 23.4 Å². The Morgan fingerprint density at radius 3 is 2.43 bits per heavy atom. The maximum absolute atomic E-state index is 11.8. The molecular formula is C17H17ClN2O3. The van der Waals surface area contributed by atoms with Crippen molar-refractivity contribution in [3.05, 3.63) is 65.1 Å². The van der Waals surface area contributed by atoms with Crippen molar-refractivity contribution in [3.63, 3.8) is 0 Å². The first-order chi connectivity index (χ1) is 11.0. The molecule has 0 radical (unpaired) electrons. The van der Waals surface area contributed by atoms with Gasteiger partial charge in [-0.15, -0.1) is 0 Å². The van der Waals surface area contributed by atoms with Crippen molar-refractivity contribution in [1.29, 1.82) is 0 Å². The van der Waals surface area contributed by atoms with Gasteiger partial charge in [-0.05, 0) is 36.4 Å². The average Bonchev–Trinajstić information content (AvgIpc) is 2.90. The van der Waals surface area contributed by atoms with Crippen LogP contribution >= 0.6 is 11.6 Å². The summed E-state index contributed by atoms with van der Waals surface area (Å²) in [6.45, 7) is 0.370. The van der Waals surface area contributed by atoms with E-state index in [0.29, 0.717) is 28.9 Å². The predicted octanol–water partition coefficient (Wildman–Crippen LogP) is 4.33. The minimum atomic E-state index is -0.400. The van der Waals surface area contributed by atoms with Gasteiger partial charge in [-0.25, -0.2) is 0 Å². The molecule has 0 fully saturated rings. The van der Waals surface area contributed by atoms with Crippen LogP contribution in [0.5, 0.6) is 17.2 Å². The maximum atomic E-state index is 11.8. The number of quaternary nitrogens is 1. The normalized spacial score (nSPS) is 19.9. The second kappa shape index (κ2) is 6.12. The molecular weight excluding hydrogens is 316 g/mol. The molecule has 1 aliphatic heterocycles. The third kappa shape index (κ3) is 3.59. The third-order valence-electron chi connectivity index (χ3n) is 3.52. The molecule has 0 saturated carbocycles. The zero-order valence-electron chi connectivity index (χ0n) is 12.9. The SMILES string of the molecule is COc1cc(Oc2ccc(N3C=C[N+](C)([O-])C3)cc2)ccc1Cl. The Morgan fingerprint density at radius 1 is 1.13 bits per heavy atom. The second-order valence-corrected chi connectivity index (χ2v) is 5.88. The zero-order valence-corrected chi connectivity index (χ0v) is 13.7. The Morgan fingerprint density at radius 2 is 1.83 bits per heavy atom. The summed E-state index contributed by atoms with van der Waals surface area (Å²) in [6, 6.07) is 12.8. The lowest BCUT2D eigenvalue weighted by Gasteiger charge is -2.31. The molecule has 0 amide bonds. The summed E-state index contributed by atoms with van der Waals surface area (Å²) in [5.74, 6) is 1.90. The van der Waals surface area contributed by atoms with Gasteiger partial charge in [-0.2, -0.15) is 0 Å². The molecule has 0 spiro atoms. The van der Waals surface area contributed by atoms with E-state index in [9.17, 15) is 5.21 Å². The van der Waals surface area contributed by atoms with Crippen molar-refractivity contribution < 1.29 is 14.1 Å². The lowest BCUT2D eigenvalue weighted by molar-refractivity contribution is -0.800. The molecule has 1 aliphatic rings. The summed E-state index contributed by atoms with van der Waals surface area (Å²) >= 11 is 6.00. The predicted molar refractivity (Wildman–Crippen MR) is 90.6 cm³/mol. The fourth-order valence-corrected chi connectivity index (χ4v) is 2.53. The molecule has 120 valence electrons. The van der Waals surface area contributed by atoms with Crippen LogP contribution < -0.4 is 14.4 Å². The van der Waals surface area contributed by atoms with Crippen LogP contribution in [0.1, 0.15) is 0 Å². The molecule has 1 atom stereocenters. The van der Waals surface area contributed by atoms with Crippen molar-refractivity contribution in [2.24, 2.45) is 0 Å². The van der Waals surface area contributed by atoms with Crippen molar-refractivity contribution in [1.82, 2.24) is 0 Å². The number of methoxy groups -OCH3 is 1. The molecule has 2 aromatic rings. The van der Waals surface area contributed by atoms with Crippen LogP contribution in [0.4, 0.5) is 5.69 Å². The first-order valence-electron chi connectivity index (χ1n) is 7.10. The van der Waals surface area contributed by atoms with Gasteiger partial charge in [0.15, 0.2) is 6.67 Å². The molecule has 0 N–H and O–H groups in total. The Bertz CT molecular complexity index is 729. The Labute approximate surface area is 140 Å². The lowest BCUT2D eigenvalue weighted by atomic mass is 10.3. The lowest BCUT2D eigenvalue weighted by Crippen LogP contribution is -2.34. The van der Waals surface area contributed by atoms with Crippen LogP contribution in [0.25, 0.3) is 0 Å². The summed E-state index contributed by atoms with van der Waals surface area (Å²) in [5.41, 5.74) is 0.944. The summed E-state index contributed by atoms with van der Waals surface area (Å²) in [7, 11) is 3.17. The number of benzene rings is 2. The minimum absolute atomic E-state index is 0.370. The molecule has 1 heterocycles. The fraction of sp³-hybridized carbons (Fsp3) is 0.176. The Kier molecular flexibility index (Phi) is 4.17. The monoisotopic (exact) mass is 332 g/mol. The largest absolute Gasteiger partial charge is 0.627 e. The van der Waals surface area contributed by atoms with Gasteiger partial charge in [0.2, 0.25) is 0 Å². The number of anilines is 1. The van der Waals surface area contributed by atoms with Gasteiger partial charge in [-0.3, -0.25) is 4.90 Å². The number of ether oxygens (including phenoxy) is 2. The number of hydrogen-bond donors (Lipinski definition) is 0. The van der Waals surface area contributed by atoms with Gasteiger partial charge in [0.05, 0.1) is 25.4 Å². The van der Waals surface area contributed by atoms with Gasteiger partial charge in [0.25, 0.3) is 0 Å². The van der Waals surface area contributed by atoms with Crippen LogP contribution in [0.15, 0.2) is 54.9 Å². The highest BCUT2D eigenvalue weighted by atomic mass is 35.5. The van der Waals surface area contributed by atoms with Crippen LogP contribution in [0, 0.1) is 5.21 Å². The maximum Gasteiger partial charge on any atom is 0.162 e. The summed E-state index contributed by atoms with van der Waals surface area (Å²) < 4.78 is 10.6. The van der Waals surface area contributed by atoms with E-state index in [1.54, 1.807) is 44.8 Å². The number of hydrogen-bond acceptors (Lipinski definition) is 4. The van der Waals surface area contributed by atoms with Crippen molar-refractivity contribution in [2.45, 2.75) is 0 Å². The number of rotatable bonds is 4. The van der Waals surface area contributed by atoms with Crippen LogP contribution in [-0.4, -0.2) is 25.5 Å². The van der Waals surface area contributed by atoms with Crippen molar-refractivity contribution in [2.75, 3.05) is 25.7 Å². The van der Waals surface area contributed by atoms with Crippen LogP contribution in [0.3, 0.4) is 0 Å². The van der Waals surface area contributed by atoms with Crippen LogP contribution in [-0.2, 0) is 0 Å². The molecule has 6 heteroatoms. The summed E-state index contributed by atoms with van der Waals surface area (Å²) in [5, 5.41) is 12.4. The molecule has 0 aromatic heterocycles. The van der Waals surface area contributed by atoms with E-state index >= 15 is 0 Å². The molecule has 5 nitrogen and oxygen atoms in total. The molecule has 3 rings (SSSR count). The first kappa shape index (κ1) is 15.7. The van der Waals surface area contributed by atoms with E-state index < -0.39 is 4.65 Å². The molecule has 0 aliphatic carbocycles. The molecule has 0 bridgehead atoms. The van der Waals surface area contributed by atoms with Gasteiger partial charge in [-0.1, -0.05) is 11.6 Å². The van der Waals surface area contributed by atoms with E-state index in [4.69, 9.17) is 21.1 Å². The van der Waals surface area contributed by atoms with Crippen molar-refractivity contribution in [3.8, 4) is 17.2 Å². The Balaban J connectivity index is 1.72. The minimum Gasteiger partial charge on any atom is -0.627 e. The van der Waals surface area contributed by atoms with E-state index in [2.05, 4.69) is 0 Å². The smallest absolute Gasteiger partial charge is 0.162 e. The highest BCUT2D eigenvalue weighted by molar-refractivity contribution is 6.32. The van der Waals surface area contributed by atoms with E-state index in [-0.39, 0.29) is 0 Å².